The number of hydrogen-bond acceptors (Lipinski definition) is 1. The molecule has 2 unspecified atom stereocenters. The van der Waals surface area contributed by atoms with Crippen molar-refractivity contribution in [1.82, 2.24) is 10.6 Å². The van der Waals surface area contributed by atoms with Crippen molar-refractivity contribution in [3.05, 3.63) is 34.6 Å². The lowest BCUT2D eigenvalue weighted by Crippen LogP contribution is -2.48. The average Bonchev–Trinajstić information content (AvgIpc) is 3.06. The van der Waals surface area contributed by atoms with E-state index >= 15 is 0 Å². The minimum atomic E-state index is -0.227. The Balaban J connectivity index is 0.00000242. The number of halogens is 3. The van der Waals surface area contributed by atoms with Crippen molar-refractivity contribution in [1.29, 1.82) is 0 Å². The van der Waals surface area contributed by atoms with Crippen LogP contribution in [0.4, 0.5) is 4.39 Å². The first-order valence-corrected chi connectivity index (χ1v) is 7.72. The van der Waals surface area contributed by atoms with Crippen molar-refractivity contribution >= 4 is 41.5 Å². The summed E-state index contributed by atoms with van der Waals surface area (Å²) in [5.41, 5.74) is 0.546. The van der Waals surface area contributed by atoms with Crippen molar-refractivity contribution in [2.75, 3.05) is 6.54 Å². The van der Waals surface area contributed by atoms with E-state index in [0.29, 0.717) is 17.1 Å². The molecule has 22 heavy (non-hydrogen) atoms. The molecule has 1 aliphatic rings. The third-order valence-corrected chi connectivity index (χ3v) is 3.62. The van der Waals surface area contributed by atoms with Crippen molar-refractivity contribution in [2.45, 2.75) is 51.6 Å². The van der Waals surface area contributed by atoms with E-state index in [-0.39, 0.29) is 47.3 Å². The van der Waals surface area contributed by atoms with Crippen LogP contribution < -0.4 is 10.6 Å². The maximum atomic E-state index is 13.9. The van der Waals surface area contributed by atoms with Crippen molar-refractivity contribution in [3.63, 3.8) is 0 Å². The second-order valence-corrected chi connectivity index (χ2v) is 6.83. The number of rotatable bonds is 3. The summed E-state index contributed by atoms with van der Waals surface area (Å²) in [6, 6.07) is 5.02. The van der Waals surface area contributed by atoms with Crippen molar-refractivity contribution in [3.8, 4) is 0 Å². The van der Waals surface area contributed by atoms with Gasteiger partial charge in [-0.25, -0.2) is 4.39 Å². The molecule has 0 aromatic heterocycles. The zero-order chi connectivity index (χ0) is 15.6. The summed E-state index contributed by atoms with van der Waals surface area (Å²) >= 11 is 6.12. The van der Waals surface area contributed by atoms with Crippen molar-refractivity contribution in [2.24, 2.45) is 4.99 Å². The van der Waals surface area contributed by atoms with Gasteiger partial charge in [-0.1, -0.05) is 17.7 Å². The highest BCUT2D eigenvalue weighted by atomic mass is 127. The SMILES string of the molecule is CCN=C(NC1CC1c1c(F)cccc1Cl)NC(C)(C)C.I. The number of nitrogens with zero attached hydrogens (tertiary/aromatic N) is 1. The molecule has 0 heterocycles. The second kappa shape index (κ2) is 7.81. The molecule has 0 bridgehead atoms. The van der Waals surface area contributed by atoms with E-state index < -0.39 is 0 Å². The summed E-state index contributed by atoms with van der Waals surface area (Å²) in [6.45, 7) is 8.93. The highest BCUT2D eigenvalue weighted by molar-refractivity contribution is 14.0. The first kappa shape index (κ1) is 19.5. The Hall–Kier alpha value is -0.560. The monoisotopic (exact) mass is 439 g/mol. The van der Waals surface area contributed by atoms with Gasteiger partial charge in [0.25, 0.3) is 0 Å². The molecule has 2 rings (SSSR count). The normalized spacial score (nSPS) is 21.1. The smallest absolute Gasteiger partial charge is 0.191 e. The van der Waals surface area contributed by atoms with Gasteiger partial charge in [0.2, 0.25) is 0 Å². The lowest BCUT2D eigenvalue weighted by Gasteiger charge is -2.24. The molecule has 2 N–H and O–H groups in total. The zero-order valence-electron chi connectivity index (χ0n) is 13.4. The number of benzene rings is 1. The van der Waals surface area contributed by atoms with Crippen LogP contribution in [-0.2, 0) is 0 Å². The van der Waals surface area contributed by atoms with Crippen LogP contribution in [0.2, 0.25) is 5.02 Å². The van der Waals surface area contributed by atoms with E-state index in [1.54, 1.807) is 12.1 Å². The summed E-state index contributed by atoms with van der Waals surface area (Å²) in [5.74, 6) is 0.655. The number of aliphatic imine (C=N–C) groups is 1. The van der Waals surface area contributed by atoms with Gasteiger partial charge >= 0.3 is 0 Å². The van der Waals surface area contributed by atoms with Crippen LogP contribution in [0.25, 0.3) is 0 Å². The van der Waals surface area contributed by atoms with Gasteiger partial charge in [-0.15, -0.1) is 24.0 Å². The van der Waals surface area contributed by atoms with Gasteiger partial charge in [-0.3, -0.25) is 4.99 Å². The van der Waals surface area contributed by atoms with E-state index in [4.69, 9.17) is 11.6 Å². The highest BCUT2D eigenvalue weighted by Crippen LogP contribution is 2.44. The number of hydrogen-bond donors (Lipinski definition) is 2. The fourth-order valence-corrected chi connectivity index (χ4v) is 2.65. The predicted molar refractivity (Wildman–Crippen MR) is 102 cm³/mol. The Bertz CT molecular complexity index is 522. The second-order valence-electron chi connectivity index (χ2n) is 6.43. The summed E-state index contributed by atoms with van der Waals surface area (Å²) in [6.07, 6.45) is 0.870. The van der Waals surface area contributed by atoms with Crippen molar-refractivity contribution < 1.29 is 4.39 Å². The predicted octanol–water partition coefficient (Wildman–Crippen LogP) is 4.31. The van der Waals surface area contributed by atoms with Gasteiger partial charge < -0.3 is 10.6 Å². The van der Waals surface area contributed by atoms with Crippen LogP contribution in [0, 0.1) is 5.82 Å². The van der Waals surface area contributed by atoms with Gasteiger partial charge in [0.05, 0.1) is 0 Å². The largest absolute Gasteiger partial charge is 0.353 e. The number of nitrogens with one attached hydrogen (secondary N) is 2. The van der Waals surface area contributed by atoms with E-state index in [1.165, 1.54) is 6.07 Å². The third-order valence-electron chi connectivity index (χ3n) is 3.29. The molecule has 0 amide bonds. The standard InChI is InChI=1S/C16H23ClFN3.HI/c1-5-19-15(21-16(2,3)4)20-13-9-10(13)14-11(17)7-6-8-12(14)18;/h6-8,10,13H,5,9H2,1-4H3,(H2,19,20,21);1H. The fourth-order valence-electron chi connectivity index (χ4n) is 2.35. The molecule has 2 atom stereocenters. The average molecular weight is 440 g/mol. The quantitative estimate of drug-likeness (QED) is 0.418. The highest BCUT2D eigenvalue weighted by Gasteiger charge is 2.42. The zero-order valence-corrected chi connectivity index (χ0v) is 16.5. The molecule has 3 nitrogen and oxygen atoms in total. The Labute approximate surface area is 154 Å². The molecule has 0 radical (unpaired) electrons. The minimum Gasteiger partial charge on any atom is -0.353 e. The molecule has 1 fully saturated rings. The molecule has 0 aliphatic heterocycles. The first-order valence-electron chi connectivity index (χ1n) is 7.35. The number of guanidine groups is 1. The molecule has 124 valence electrons. The van der Waals surface area contributed by atoms with Gasteiger partial charge in [-0.05, 0) is 46.2 Å². The molecule has 6 heteroatoms. The van der Waals surface area contributed by atoms with Gasteiger partial charge in [-0.2, -0.15) is 0 Å². The van der Waals surface area contributed by atoms with Crippen LogP contribution in [0.5, 0.6) is 0 Å². The van der Waals surface area contributed by atoms with E-state index in [1.807, 2.05) is 6.92 Å². The summed E-state index contributed by atoms with van der Waals surface area (Å²) in [5, 5.41) is 7.21. The van der Waals surface area contributed by atoms with Crippen LogP contribution in [0.15, 0.2) is 23.2 Å². The molecule has 0 saturated heterocycles. The van der Waals surface area contributed by atoms with Crippen LogP contribution >= 0.6 is 35.6 Å². The Morgan fingerprint density at radius 2 is 2.09 bits per heavy atom. The summed E-state index contributed by atoms with van der Waals surface area (Å²) in [4.78, 5) is 4.43. The minimum absolute atomic E-state index is 0. The van der Waals surface area contributed by atoms with Crippen LogP contribution in [0.1, 0.15) is 45.6 Å². The van der Waals surface area contributed by atoms with E-state index in [0.717, 1.165) is 12.4 Å². The van der Waals surface area contributed by atoms with Crippen LogP contribution in [-0.4, -0.2) is 24.1 Å². The maximum Gasteiger partial charge on any atom is 0.191 e. The van der Waals surface area contributed by atoms with Gasteiger partial charge in [0.1, 0.15) is 5.82 Å². The van der Waals surface area contributed by atoms with Gasteiger partial charge in [0.15, 0.2) is 5.96 Å². The molecule has 1 saturated carbocycles. The summed E-state index contributed by atoms with van der Waals surface area (Å²) in [7, 11) is 0. The summed E-state index contributed by atoms with van der Waals surface area (Å²) < 4.78 is 13.9. The molecule has 1 aromatic rings. The Kier molecular flexibility index (Phi) is 6.92. The first-order chi connectivity index (χ1) is 9.81. The molecule has 1 aromatic carbocycles. The Morgan fingerprint density at radius 3 is 2.64 bits per heavy atom. The lowest BCUT2D eigenvalue weighted by molar-refractivity contribution is 0.500. The van der Waals surface area contributed by atoms with Crippen LogP contribution in [0.3, 0.4) is 0 Å². The maximum absolute atomic E-state index is 13.9. The van der Waals surface area contributed by atoms with Gasteiger partial charge in [0, 0.05) is 34.6 Å². The molecule has 1 aliphatic carbocycles. The third kappa shape index (κ3) is 5.26. The topological polar surface area (TPSA) is 36.4 Å². The molecule has 0 spiro atoms. The fraction of sp³-hybridized carbons (Fsp3) is 0.562. The molecular weight excluding hydrogens is 416 g/mol. The van der Waals surface area contributed by atoms with E-state index in [2.05, 4.69) is 36.4 Å². The molecular formula is C16H24ClFIN3. The Morgan fingerprint density at radius 1 is 1.41 bits per heavy atom. The lowest BCUT2D eigenvalue weighted by atomic mass is 10.1. The van der Waals surface area contributed by atoms with E-state index in [9.17, 15) is 4.39 Å².